The van der Waals surface area contributed by atoms with Crippen LogP contribution in [0.3, 0.4) is 0 Å². The number of nitrogens with two attached hydrogens (primary N) is 1. The van der Waals surface area contributed by atoms with E-state index in [1.54, 1.807) is 0 Å². The highest BCUT2D eigenvalue weighted by Crippen LogP contribution is 2.09. The van der Waals surface area contributed by atoms with E-state index in [4.69, 9.17) is 5.73 Å². The first-order valence-corrected chi connectivity index (χ1v) is 3.14. The molecule has 10 heavy (non-hydrogen) atoms. The fraction of sp³-hybridized carbons (Fsp3) is 0. The van der Waals surface area contributed by atoms with Gasteiger partial charge in [-0.1, -0.05) is 30.3 Å². The number of rotatable bonds is 1. The average molecular weight is 132 g/mol. The third-order valence-corrected chi connectivity index (χ3v) is 1.35. The zero-order valence-electron chi connectivity index (χ0n) is 5.75. The summed E-state index contributed by atoms with van der Waals surface area (Å²) in [6.07, 6.45) is 1.51. The third kappa shape index (κ3) is 1.38. The highest BCUT2D eigenvalue weighted by Gasteiger charge is 1.89. The minimum absolute atomic E-state index is 0.862. The summed E-state index contributed by atoms with van der Waals surface area (Å²) in [5.74, 6) is 0. The molecule has 0 heterocycles. The van der Waals surface area contributed by atoms with E-state index < -0.39 is 0 Å². The van der Waals surface area contributed by atoms with Crippen LogP contribution < -0.4 is 5.73 Å². The number of benzene rings is 1. The fourth-order valence-corrected chi connectivity index (χ4v) is 0.748. The molecule has 1 radical (unpaired) electrons. The summed E-state index contributed by atoms with van der Waals surface area (Å²) in [5.41, 5.74) is 7.22. The predicted octanol–water partition coefficient (Wildman–Crippen LogP) is 1.82. The molecule has 0 aliphatic rings. The molecule has 0 saturated carbocycles. The molecule has 1 nitrogen and oxygen atoms in total. The number of hydrogen-bond donors (Lipinski definition) is 1. The maximum atomic E-state index is 5.28. The summed E-state index contributed by atoms with van der Waals surface area (Å²) in [4.78, 5) is 0. The Hall–Kier alpha value is -1.24. The second-order valence-electron chi connectivity index (χ2n) is 2.06. The molecule has 0 aromatic heterocycles. The number of allylic oxidation sites excluding steroid dienone is 1. The lowest BCUT2D eigenvalue weighted by molar-refractivity contribution is 1.56. The SMILES string of the molecule is [CH2]C(=CN)c1ccccc1. The first-order valence-electron chi connectivity index (χ1n) is 3.14. The maximum absolute atomic E-state index is 5.28. The van der Waals surface area contributed by atoms with Crippen LogP contribution in [0.2, 0.25) is 0 Å². The standard InChI is InChI=1S/C9H10N/c1-8(7-10)9-5-3-2-4-6-9/h2-7H,1,10H2. The minimum Gasteiger partial charge on any atom is -0.404 e. The van der Waals surface area contributed by atoms with Gasteiger partial charge >= 0.3 is 0 Å². The van der Waals surface area contributed by atoms with E-state index in [1.165, 1.54) is 6.20 Å². The lowest BCUT2D eigenvalue weighted by Gasteiger charge is -1.96. The van der Waals surface area contributed by atoms with Gasteiger partial charge in [-0.2, -0.15) is 0 Å². The Morgan fingerprint density at radius 2 is 1.90 bits per heavy atom. The van der Waals surface area contributed by atoms with Gasteiger partial charge in [0, 0.05) is 0 Å². The molecule has 1 heteroatoms. The molecule has 0 saturated heterocycles. The van der Waals surface area contributed by atoms with E-state index in [-0.39, 0.29) is 0 Å². The smallest absolute Gasteiger partial charge is 0.00236 e. The van der Waals surface area contributed by atoms with Crippen LogP contribution in [0.1, 0.15) is 5.56 Å². The van der Waals surface area contributed by atoms with Crippen LogP contribution >= 0.6 is 0 Å². The first-order chi connectivity index (χ1) is 4.84. The summed E-state index contributed by atoms with van der Waals surface area (Å²) in [5, 5.41) is 0. The van der Waals surface area contributed by atoms with Crippen molar-refractivity contribution in [1.29, 1.82) is 0 Å². The molecule has 0 fully saturated rings. The molecule has 51 valence electrons. The second kappa shape index (κ2) is 3.06. The largest absolute Gasteiger partial charge is 0.404 e. The maximum Gasteiger partial charge on any atom is -0.00236 e. The van der Waals surface area contributed by atoms with Crippen molar-refractivity contribution in [2.24, 2.45) is 5.73 Å². The summed E-state index contributed by atoms with van der Waals surface area (Å²) in [6, 6.07) is 9.85. The molecular formula is C9H10N. The Morgan fingerprint density at radius 1 is 1.30 bits per heavy atom. The van der Waals surface area contributed by atoms with Crippen LogP contribution in [0.25, 0.3) is 5.57 Å². The third-order valence-electron chi connectivity index (χ3n) is 1.35. The van der Waals surface area contributed by atoms with Crippen molar-refractivity contribution in [2.75, 3.05) is 0 Å². The van der Waals surface area contributed by atoms with Gasteiger partial charge in [-0.05, 0) is 24.3 Å². The van der Waals surface area contributed by atoms with Gasteiger partial charge < -0.3 is 5.73 Å². The molecular weight excluding hydrogens is 122 g/mol. The molecule has 2 N–H and O–H groups in total. The second-order valence-corrected chi connectivity index (χ2v) is 2.06. The van der Waals surface area contributed by atoms with Crippen molar-refractivity contribution in [3.05, 3.63) is 49.0 Å². The molecule has 0 aliphatic carbocycles. The predicted molar refractivity (Wildman–Crippen MR) is 44.0 cm³/mol. The van der Waals surface area contributed by atoms with Crippen LogP contribution in [0.4, 0.5) is 0 Å². The van der Waals surface area contributed by atoms with Crippen LogP contribution in [0.15, 0.2) is 36.5 Å². The first kappa shape index (κ1) is 6.87. The lowest BCUT2D eigenvalue weighted by atomic mass is 10.1. The van der Waals surface area contributed by atoms with Crippen molar-refractivity contribution >= 4 is 5.57 Å². The highest BCUT2D eigenvalue weighted by molar-refractivity contribution is 5.67. The summed E-state index contributed by atoms with van der Waals surface area (Å²) >= 11 is 0. The summed E-state index contributed by atoms with van der Waals surface area (Å²) < 4.78 is 0. The molecule has 0 spiro atoms. The Kier molecular flexibility index (Phi) is 2.11. The van der Waals surface area contributed by atoms with Gasteiger partial charge in [-0.15, -0.1) is 0 Å². The molecule has 1 aromatic carbocycles. The molecule has 1 rings (SSSR count). The normalized spacial score (nSPS) is 11.5. The van der Waals surface area contributed by atoms with Gasteiger partial charge in [0.2, 0.25) is 0 Å². The van der Waals surface area contributed by atoms with E-state index in [1.807, 2.05) is 30.3 Å². The van der Waals surface area contributed by atoms with E-state index in [0.29, 0.717) is 0 Å². The quantitative estimate of drug-likeness (QED) is 0.619. The van der Waals surface area contributed by atoms with Gasteiger partial charge in [0.25, 0.3) is 0 Å². The van der Waals surface area contributed by atoms with Gasteiger partial charge in [0.1, 0.15) is 0 Å². The summed E-state index contributed by atoms with van der Waals surface area (Å²) in [7, 11) is 0. The molecule has 0 unspecified atom stereocenters. The van der Waals surface area contributed by atoms with Crippen molar-refractivity contribution < 1.29 is 0 Å². The monoisotopic (exact) mass is 132 g/mol. The van der Waals surface area contributed by atoms with Gasteiger partial charge in [0.05, 0.1) is 0 Å². The van der Waals surface area contributed by atoms with Gasteiger partial charge in [-0.25, -0.2) is 0 Å². The van der Waals surface area contributed by atoms with Crippen LogP contribution in [0, 0.1) is 6.92 Å². The Labute approximate surface area is 61.2 Å². The van der Waals surface area contributed by atoms with Crippen molar-refractivity contribution in [3.8, 4) is 0 Å². The Bertz CT molecular complexity index is 224. The molecule has 1 aromatic rings. The summed E-state index contributed by atoms with van der Waals surface area (Å²) in [6.45, 7) is 3.76. The molecule has 0 aliphatic heterocycles. The number of hydrogen-bond acceptors (Lipinski definition) is 1. The van der Waals surface area contributed by atoms with E-state index in [9.17, 15) is 0 Å². The van der Waals surface area contributed by atoms with Crippen molar-refractivity contribution in [1.82, 2.24) is 0 Å². The topological polar surface area (TPSA) is 26.0 Å². The van der Waals surface area contributed by atoms with Crippen LogP contribution in [0.5, 0.6) is 0 Å². The minimum atomic E-state index is 0.862. The molecule has 0 bridgehead atoms. The van der Waals surface area contributed by atoms with E-state index >= 15 is 0 Å². The van der Waals surface area contributed by atoms with E-state index in [2.05, 4.69) is 6.92 Å². The fourth-order valence-electron chi connectivity index (χ4n) is 0.748. The van der Waals surface area contributed by atoms with Gasteiger partial charge in [-0.3, -0.25) is 0 Å². The highest BCUT2D eigenvalue weighted by atomic mass is 14.5. The van der Waals surface area contributed by atoms with Crippen LogP contribution in [-0.4, -0.2) is 0 Å². The van der Waals surface area contributed by atoms with Crippen molar-refractivity contribution in [3.63, 3.8) is 0 Å². The zero-order valence-corrected chi connectivity index (χ0v) is 5.75. The van der Waals surface area contributed by atoms with Crippen molar-refractivity contribution in [2.45, 2.75) is 0 Å². The van der Waals surface area contributed by atoms with Crippen LogP contribution in [-0.2, 0) is 0 Å². The lowest BCUT2D eigenvalue weighted by Crippen LogP contribution is -1.84. The average Bonchev–Trinajstić information content (AvgIpc) is 2.05. The van der Waals surface area contributed by atoms with Gasteiger partial charge in [0.15, 0.2) is 0 Å². The molecule has 0 amide bonds. The Morgan fingerprint density at radius 3 is 2.40 bits per heavy atom. The molecule has 0 atom stereocenters. The van der Waals surface area contributed by atoms with E-state index in [0.717, 1.165) is 11.1 Å². The Balaban J connectivity index is 2.96. The zero-order chi connectivity index (χ0) is 7.40.